The van der Waals surface area contributed by atoms with Gasteiger partial charge in [0.05, 0.1) is 19.3 Å². The fourth-order valence-electron chi connectivity index (χ4n) is 13.1. The average Bonchev–Trinajstić information content (AvgIpc) is 0.759. The number of phosphoric acid groups is 1. The van der Waals surface area contributed by atoms with E-state index in [0.717, 1.165) is 149 Å². The first-order chi connectivity index (χ1) is 50.4. The molecule has 0 aromatic carbocycles. The highest BCUT2D eigenvalue weighted by Gasteiger charge is 2.58. The predicted molar refractivity (Wildman–Crippen MR) is 413 cm³/mol. The van der Waals surface area contributed by atoms with Gasteiger partial charge in [-0.3, -0.25) is 28.2 Å². The number of carbonyl (C=O) groups is 6. The normalized spacial score (nSPS) is 27.0. The third kappa shape index (κ3) is 37.7. The number of hydrogen-bond donors (Lipinski definition) is 11. The van der Waals surface area contributed by atoms with E-state index in [1.807, 2.05) is 6.92 Å². The lowest BCUT2D eigenvalue weighted by Gasteiger charge is -2.50. The van der Waals surface area contributed by atoms with Crippen LogP contribution in [0.4, 0.5) is 0 Å². The van der Waals surface area contributed by atoms with Crippen molar-refractivity contribution in [2.24, 2.45) is 11.8 Å². The van der Waals surface area contributed by atoms with E-state index in [-0.39, 0.29) is 12.5 Å². The number of rotatable bonds is 48. The SMILES string of the molecule is CC(=O)N[C@@H]1[C@@H](NC(C)=O)[C@H](O[C@H]2[C@H](O)[C@@H](CO)O[C@H](OP(=O)(O)OCCC(C)CC/C=C(/C)CC/C=C(/C)CC/C=C(/C)CC/C=C(/C)CC/C=C(/C)CC/C=C(/C)CC/C=C(/C)CC/C=C(\C)CC/C=C(\C)CCCC(C)C)[C@@H]2NC(C)=O)O[C@H](C(=O)O)[C@H]1O[C@@H]1O[C@H](C(=O)O)[C@@H](O)[C@H](O)[C@H]1NC(C)=O. The van der Waals surface area contributed by atoms with Gasteiger partial charge in [-0.15, -0.1) is 0 Å². The summed E-state index contributed by atoms with van der Waals surface area (Å²) in [5, 5.41) is 73.6. The van der Waals surface area contributed by atoms with Crippen LogP contribution in [-0.2, 0) is 66.1 Å². The van der Waals surface area contributed by atoms with Crippen LogP contribution in [0.15, 0.2) is 105 Å². The van der Waals surface area contributed by atoms with E-state index in [1.165, 1.54) is 63.8 Å². The zero-order valence-corrected chi connectivity index (χ0v) is 67.7. The fraction of sp³-hybridized carbons (Fsp3) is 0.704. The lowest BCUT2D eigenvalue weighted by molar-refractivity contribution is -0.330. The first kappa shape index (κ1) is 95.4. The smallest absolute Gasteiger partial charge is 0.474 e. The fourth-order valence-corrected chi connectivity index (χ4v) is 13.9. The van der Waals surface area contributed by atoms with E-state index >= 15 is 0 Å². The maximum absolute atomic E-state index is 13.7. The molecule has 0 aliphatic carbocycles. The summed E-state index contributed by atoms with van der Waals surface area (Å²) in [5.41, 5.74) is 12.9. The van der Waals surface area contributed by atoms with E-state index in [4.69, 9.17) is 32.7 Å². The van der Waals surface area contributed by atoms with Gasteiger partial charge in [0.25, 0.3) is 0 Å². The second-order valence-corrected chi connectivity index (χ2v) is 31.7. The van der Waals surface area contributed by atoms with Crippen molar-refractivity contribution >= 4 is 43.4 Å². The molecule has 0 spiro atoms. The Bertz CT molecular complexity index is 3150. The van der Waals surface area contributed by atoms with Gasteiger partial charge in [0.1, 0.15) is 54.7 Å². The van der Waals surface area contributed by atoms with E-state index in [2.05, 4.69) is 152 Å². The number of carboxylic acids is 2. The first-order valence-electron chi connectivity index (χ1n) is 38.4. The molecule has 3 aliphatic heterocycles. The third-order valence-electron chi connectivity index (χ3n) is 19.5. The van der Waals surface area contributed by atoms with Crippen molar-refractivity contribution in [1.82, 2.24) is 21.3 Å². The summed E-state index contributed by atoms with van der Waals surface area (Å²) in [4.78, 5) is 87.2. The van der Waals surface area contributed by atoms with Crippen LogP contribution in [-0.4, -0.2) is 176 Å². The van der Waals surface area contributed by atoms with Crippen LogP contribution in [0.3, 0.4) is 0 Å². The van der Waals surface area contributed by atoms with Gasteiger partial charge in [0.15, 0.2) is 31.1 Å². The molecule has 0 saturated carbocycles. The molecule has 0 aromatic heterocycles. The maximum atomic E-state index is 13.7. The Morgan fingerprint density at radius 2 is 0.757 bits per heavy atom. The lowest BCUT2D eigenvalue weighted by atomic mass is 9.91. The average molecular weight is 1530 g/mol. The Morgan fingerprint density at radius 1 is 0.411 bits per heavy atom. The molecular formula is C81H133N4O21P. The molecule has 0 radical (unpaired) electrons. The zero-order valence-electron chi connectivity index (χ0n) is 66.8. The second kappa shape index (κ2) is 50.2. The number of carbonyl (C=O) groups excluding carboxylic acids is 4. The number of ether oxygens (including phenoxy) is 5. The zero-order chi connectivity index (χ0) is 80.1. The van der Waals surface area contributed by atoms with Crippen LogP contribution in [0.1, 0.15) is 252 Å². The Morgan fingerprint density at radius 3 is 1.14 bits per heavy atom. The molecule has 3 aliphatic rings. The molecule has 107 heavy (non-hydrogen) atoms. The molecule has 26 heteroatoms. The quantitative estimate of drug-likeness (QED) is 0.0199. The Hall–Kier alpha value is -5.77. The van der Waals surface area contributed by atoms with Crippen molar-refractivity contribution in [2.75, 3.05) is 13.2 Å². The Labute approximate surface area is 637 Å². The molecule has 17 atom stereocenters. The Kier molecular flexibility index (Phi) is 44.8. The van der Waals surface area contributed by atoms with Crippen molar-refractivity contribution in [3.8, 4) is 0 Å². The molecule has 4 amide bonds. The number of aliphatic hydroxyl groups excluding tert-OH is 4. The summed E-state index contributed by atoms with van der Waals surface area (Å²) >= 11 is 0. The summed E-state index contributed by atoms with van der Waals surface area (Å²) in [6, 6.07) is -7.11. The van der Waals surface area contributed by atoms with E-state index < -0.39 is 142 Å². The van der Waals surface area contributed by atoms with Gasteiger partial charge in [0.2, 0.25) is 23.6 Å². The topological polar surface area (TPSA) is 374 Å². The number of hydrogen-bond acceptors (Lipinski definition) is 18. The van der Waals surface area contributed by atoms with E-state index in [0.29, 0.717) is 6.42 Å². The van der Waals surface area contributed by atoms with Crippen molar-refractivity contribution in [2.45, 2.75) is 344 Å². The lowest BCUT2D eigenvalue weighted by Crippen LogP contribution is -2.74. The monoisotopic (exact) mass is 1530 g/mol. The van der Waals surface area contributed by atoms with Crippen molar-refractivity contribution < 1.29 is 102 Å². The number of amides is 4. The largest absolute Gasteiger partial charge is 0.479 e. The van der Waals surface area contributed by atoms with Crippen LogP contribution in [0.2, 0.25) is 0 Å². The summed E-state index contributed by atoms with van der Waals surface area (Å²) in [6.07, 6.45) is 21.5. The molecule has 25 nitrogen and oxygen atoms in total. The van der Waals surface area contributed by atoms with Crippen LogP contribution < -0.4 is 21.3 Å². The minimum atomic E-state index is -5.13. The highest BCUT2D eigenvalue weighted by atomic mass is 31.2. The molecule has 11 N–H and O–H groups in total. The number of aliphatic hydroxyl groups is 4. The van der Waals surface area contributed by atoms with Gasteiger partial charge in [-0.25, -0.2) is 14.2 Å². The number of nitrogens with one attached hydrogen (secondary N) is 4. The summed E-state index contributed by atoms with van der Waals surface area (Å²) in [6.45, 7) is 29.5. The number of allylic oxidation sites excluding steroid dienone is 18. The van der Waals surface area contributed by atoms with Crippen molar-refractivity contribution in [3.63, 3.8) is 0 Å². The van der Waals surface area contributed by atoms with Crippen LogP contribution in [0.5, 0.6) is 0 Å². The molecule has 2 unspecified atom stereocenters. The van der Waals surface area contributed by atoms with Gasteiger partial charge in [-0.05, 0) is 209 Å². The molecule has 0 bridgehead atoms. The highest BCUT2D eigenvalue weighted by Crippen LogP contribution is 2.47. The van der Waals surface area contributed by atoms with Gasteiger partial charge in [-0.2, -0.15) is 0 Å². The summed E-state index contributed by atoms with van der Waals surface area (Å²) < 4.78 is 53.7. The van der Waals surface area contributed by atoms with Crippen LogP contribution >= 0.6 is 7.82 Å². The molecule has 3 saturated heterocycles. The van der Waals surface area contributed by atoms with Crippen LogP contribution in [0.25, 0.3) is 0 Å². The predicted octanol–water partition coefficient (Wildman–Crippen LogP) is 12.7. The first-order valence-corrected chi connectivity index (χ1v) is 39.9. The maximum Gasteiger partial charge on any atom is 0.474 e. The van der Waals surface area contributed by atoms with Gasteiger partial charge in [-0.1, -0.05) is 132 Å². The minimum Gasteiger partial charge on any atom is -0.479 e. The minimum absolute atomic E-state index is 0.0217. The molecule has 608 valence electrons. The van der Waals surface area contributed by atoms with Crippen molar-refractivity contribution in [1.29, 1.82) is 0 Å². The van der Waals surface area contributed by atoms with E-state index in [9.17, 15) is 68.9 Å². The molecule has 3 heterocycles. The third-order valence-corrected chi connectivity index (χ3v) is 20.5. The van der Waals surface area contributed by atoms with Gasteiger partial charge < -0.3 is 80.5 Å². The highest BCUT2D eigenvalue weighted by molar-refractivity contribution is 7.47. The Balaban J connectivity index is 1.47. The standard InChI is InChI=1S/C81H133N4O21P/c1-50(2)27-17-28-51(3)29-18-30-52(4)31-19-32-53(5)33-20-34-54(6)35-21-36-55(7)37-22-38-56(8)39-23-40-57(9)41-24-42-58(10)43-25-44-59(11)45-26-46-60(12)47-48-100-107(98,99)106-81-69(85-64(16)90)73(70(91)65(49-86)101-81)102-79-67(83-62(14)88)66(82-61(13)87)74(76(105-79)78(96)97)103-80-68(84-63(15)89)71(92)72(93)75(104-80)77(94)95/h29,31,33,35,37,39,41,43,45,50,60,65-76,79-81,86,91-93H,17-28,30,32,34,36,38,40,42,44,46-49H2,1-16H3,(H,82,87)(H,83,88)(H,84,89)(H,85,90)(H,94,95)(H,96,97)(H,98,99)/b51-29+,52-31+,53-33-,54-35-,55-37-,56-39-,57-41-,58-43-,59-45-/t60?,65-,66-,67-,68-,69-,70-,71-,72+,73-,74+,75+,76+,79-,80-,81-/m1/s1. The molecular weight excluding hydrogens is 1400 g/mol. The number of carboxylic acid groups (broad SMARTS) is 2. The van der Waals surface area contributed by atoms with E-state index in [1.54, 1.807) is 5.57 Å². The number of phosphoric ester groups is 1. The second-order valence-electron chi connectivity index (χ2n) is 30.3. The molecule has 3 rings (SSSR count). The van der Waals surface area contributed by atoms with Crippen LogP contribution in [0, 0.1) is 11.8 Å². The summed E-state index contributed by atoms with van der Waals surface area (Å²) in [7, 11) is -5.13. The van der Waals surface area contributed by atoms with Crippen molar-refractivity contribution in [3.05, 3.63) is 105 Å². The molecule has 3 fully saturated rings. The van der Waals surface area contributed by atoms with Gasteiger partial charge >= 0.3 is 19.8 Å². The molecule has 0 aromatic rings. The number of aliphatic carboxylic acids is 2. The van der Waals surface area contributed by atoms with Gasteiger partial charge in [0, 0.05) is 27.7 Å². The summed E-state index contributed by atoms with van der Waals surface area (Å²) in [5.74, 6) is -6.22.